The first-order valence-corrected chi connectivity index (χ1v) is 9.64. The fraction of sp³-hybridized carbons (Fsp3) is 0.278. The third-order valence-corrected chi connectivity index (χ3v) is 5.58. The van der Waals surface area contributed by atoms with E-state index in [-0.39, 0.29) is 27.4 Å². The van der Waals surface area contributed by atoms with Crippen LogP contribution in [0.1, 0.15) is 29.8 Å². The van der Waals surface area contributed by atoms with E-state index in [2.05, 4.69) is 4.72 Å². The topological polar surface area (TPSA) is 66.5 Å². The molecule has 1 N–H and O–H groups in total. The number of nitrogens with one attached hydrogen (secondary N) is 1. The van der Waals surface area contributed by atoms with Gasteiger partial charge in [-0.2, -0.15) is 0 Å². The highest BCUT2D eigenvalue weighted by molar-refractivity contribution is 7.89. The summed E-state index contributed by atoms with van der Waals surface area (Å²) in [6.45, 7) is 5.41. The summed E-state index contributed by atoms with van der Waals surface area (Å²) in [6, 6.07) is 11.3. The van der Waals surface area contributed by atoms with Gasteiger partial charge < -0.3 is 4.90 Å². The Labute approximate surface area is 153 Å². The lowest BCUT2D eigenvalue weighted by molar-refractivity contribution is 0.0993. The van der Waals surface area contributed by atoms with E-state index in [9.17, 15) is 13.2 Å². The smallest absolute Gasteiger partial charge is 0.259 e. The van der Waals surface area contributed by atoms with Crippen molar-refractivity contribution in [3.63, 3.8) is 0 Å². The molecular weight excluding hydrogens is 360 g/mol. The molecule has 0 aliphatic rings. The Bertz CT molecular complexity index is 878. The van der Waals surface area contributed by atoms with Crippen LogP contribution in [0.3, 0.4) is 0 Å². The summed E-state index contributed by atoms with van der Waals surface area (Å²) in [5.41, 5.74) is 1.91. The summed E-state index contributed by atoms with van der Waals surface area (Å²) in [4.78, 5) is 14.2. The van der Waals surface area contributed by atoms with E-state index >= 15 is 0 Å². The monoisotopic (exact) mass is 380 g/mol. The number of amides is 1. The van der Waals surface area contributed by atoms with Gasteiger partial charge in [0.1, 0.15) is 0 Å². The Hall–Kier alpha value is -1.89. The Kier molecular flexibility index (Phi) is 5.87. The van der Waals surface area contributed by atoms with Gasteiger partial charge in [0.25, 0.3) is 5.91 Å². The summed E-state index contributed by atoms with van der Waals surface area (Å²) in [5.74, 6) is -0.379. The number of carbonyl (C=O) groups excluding carboxylic acids is 1. The molecule has 0 aliphatic carbocycles. The fourth-order valence-electron chi connectivity index (χ4n) is 2.28. The van der Waals surface area contributed by atoms with Crippen molar-refractivity contribution in [2.24, 2.45) is 0 Å². The van der Waals surface area contributed by atoms with E-state index in [1.165, 1.54) is 23.1 Å². The zero-order valence-corrected chi connectivity index (χ0v) is 16.1. The van der Waals surface area contributed by atoms with E-state index in [0.29, 0.717) is 5.69 Å². The van der Waals surface area contributed by atoms with E-state index < -0.39 is 10.0 Å². The molecule has 7 heteroatoms. The minimum absolute atomic E-state index is 0.00579. The van der Waals surface area contributed by atoms with Crippen molar-refractivity contribution in [1.82, 2.24) is 4.72 Å². The maximum Gasteiger partial charge on any atom is 0.259 e. The molecule has 0 bridgehead atoms. The minimum Gasteiger partial charge on any atom is -0.311 e. The Morgan fingerprint density at radius 2 is 1.72 bits per heavy atom. The molecule has 0 aromatic heterocycles. The third kappa shape index (κ3) is 4.60. The molecule has 134 valence electrons. The molecule has 0 radical (unpaired) electrons. The zero-order chi connectivity index (χ0) is 18.8. The molecular formula is C18H21ClN2O3S. The Morgan fingerprint density at radius 3 is 2.28 bits per heavy atom. The molecule has 0 saturated heterocycles. The number of nitrogens with zero attached hydrogens (tertiary/aromatic N) is 1. The minimum atomic E-state index is -3.71. The second kappa shape index (κ2) is 7.56. The van der Waals surface area contributed by atoms with E-state index in [1.54, 1.807) is 20.9 Å². The standard InChI is InChI=1S/C18H21ClN2O3S/c1-12(2)20-25(23,24)15-9-10-17(19)16(11-15)18(22)21(4)14-7-5-13(3)6-8-14/h5-12,20H,1-4H3. The van der Waals surface area contributed by atoms with Crippen LogP contribution >= 0.6 is 11.6 Å². The molecule has 0 spiro atoms. The lowest BCUT2D eigenvalue weighted by Gasteiger charge is -2.19. The van der Waals surface area contributed by atoms with Crippen molar-refractivity contribution in [2.45, 2.75) is 31.7 Å². The number of halogens is 1. The Balaban J connectivity index is 2.39. The van der Waals surface area contributed by atoms with Gasteiger partial charge in [0.15, 0.2) is 0 Å². The predicted molar refractivity (Wildman–Crippen MR) is 101 cm³/mol. The summed E-state index contributed by atoms with van der Waals surface area (Å²) in [7, 11) is -2.09. The van der Waals surface area contributed by atoms with Gasteiger partial charge in [0.05, 0.1) is 15.5 Å². The van der Waals surface area contributed by atoms with Crippen molar-refractivity contribution >= 4 is 33.2 Å². The van der Waals surface area contributed by atoms with Crippen molar-refractivity contribution in [3.05, 3.63) is 58.6 Å². The molecule has 25 heavy (non-hydrogen) atoms. The summed E-state index contributed by atoms with van der Waals surface area (Å²) >= 11 is 6.14. The number of hydrogen-bond acceptors (Lipinski definition) is 3. The van der Waals surface area contributed by atoms with Crippen LogP contribution in [0.2, 0.25) is 5.02 Å². The van der Waals surface area contributed by atoms with Crippen LogP contribution in [-0.4, -0.2) is 27.4 Å². The summed E-state index contributed by atoms with van der Waals surface area (Å²) in [6.07, 6.45) is 0. The first-order chi connectivity index (χ1) is 11.6. The molecule has 2 rings (SSSR count). The average Bonchev–Trinajstić information content (AvgIpc) is 2.53. The molecule has 0 heterocycles. The number of sulfonamides is 1. The number of carbonyl (C=O) groups is 1. The van der Waals surface area contributed by atoms with Crippen molar-refractivity contribution in [1.29, 1.82) is 0 Å². The number of benzene rings is 2. The fourth-order valence-corrected chi connectivity index (χ4v) is 3.76. The van der Waals surface area contributed by atoms with Crippen LogP contribution in [0.4, 0.5) is 5.69 Å². The highest BCUT2D eigenvalue weighted by Crippen LogP contribution is 2.24. The lowest BCUT2D eigenvalue weighted by Crippen LogP contribution is -2.31. The van der Waals surface area contributed by atoms with E-state index in [0.717, 1.165) is 5.56 Å². The highest BCUT2D eigenvalue weighted by atomic mass is 35.5. The second-order valence-corrected chi connectivity index (χ2v) is 8.24. The predicted octanol–water partition coefficient (Wildman–Crippen LogP) is 3.61. The molecule has 0 atom stereocenters. The SMILES string of the molecule is Cc1ccc(N(C)C(=O)c2cc(S(=O)(=O)NC(C)C)ccc2Cl)cc1. The van der Waals surface area contributed by atoms with Gasteiger partial charge in [-0.25, -0.2) is 13.1 Å². The van der Waals surface area contributed by atoms with Gasteiger partial charge in [0, 0.05) is 18.8 Å². The first-order valence-electron chi connectivity index (χ1n) is 7.78. The van der Waals surface area contributed by atoms with Crippen molar-refractivity contribution in [3.8, 4) is 0 Å². The van der Waals surface area contributed by atoms with Crippen LogP contribution in [0.5, 0.6) is 0 Å². The van der Waals surface area contributed by atoms with Gasteiger partial charge in [-0.15, -0.1) is 0 Å². The van der Waals surface area contributed by atoms with E-state index in [4.69, 9.17) is 11.6 Å². The molecule has 0 saturated carbocycles. The van der Waals surface area contributed by atoms with Crippen molar-refractivity contribution in [2.75, 3.05) is 11.9 Å². The van der Waals surface area contributed by atoms with Crippen LogP contribution in [-0.2, 0) is 10.0 Å². The van der Waals surface area contributed by atoms with Gasteiger partial charge in [0.2, 0.25) is 10.0 Å². The molecule has 5 nitrogen and oxygen atoms in total. The maximum absolute atomic E-state index is 12.8. The summed E-state index contributed by atoms with van der Waals surface area (Å²) < 4.78 is 27.1. The van der Waals surface area contributed by atoms with Gasteiger partial charge in [-0.05, 0) is 51.1 Å². The average molecular weight is 381 g/mol. The first kappa shape index (κ1) is 19.4. The molecule has 1 amide bonds. The quantitative estimate of drug-likeness (QED) is 0.861. The lowest BCUT2D eigenvalue weighted by atomic mass is 10.1. The van der Waals surface area contributed by atoms with Gasteiger partial charge in [-0.3, -0.25) is 4.79 Å². The second-order valence-electron chi connectivity index (χ2n) is 6.12. The van der Waals surface area contributed by atoms with Crippen LogP contribution in [0, 0.1) is 6.92 Å². The molecule has 2 aromatic carbocycles. The Morgan fingerprint density at radius 1 is 1.12 bits per heavy atom. The van der Waals surface area contributed by atoms with Gasteiger partial charge in [-0.1, -0.05) is 29.3 Å². The van der Waals surface area contributed by atoms with Crippen LogP contribution in [0.25, 0.3) is 0 Å². The number of aryl methyl sites for hydroxylation is 1. The number of hydrogen-bond donors (Lipinski definition) is 1. The van der Waals surface area contributed by atoms with E-state index in [1.807, 2.05) is 31.2 Å². The molecule has 0 unspecified atom stereocenters. The third-order valence-electron chi connectivity index (χ3n) is 3.60. The number of rotatable bonds is 5. The maximum atomic E-state index is 12.8. The highest BCUT2D eigenvalue weighted by Gasteiger charge is 2.22. The van der Waals surface area contributed by atoms with Crippen LogP contribution in [0.15, 0.2) is 47.4 Å². The summed E-state index contributed by atoms with van der Waals surface area (Å²) in [5, 5.41) is 0.201. The normalized spacial score (nSPS) is 11.6. The van der Waals surface area contributed by atoms with Crippen molar-refractivity contribution < 1.29 is 13.2 Å². The molecule has 0 aliphatic heterocycles. The van der Waals surface area contributed by atoms with Crippen LogP contribution < -0.4 is 9.62 Å². The van der Waals surface area contributed by atoms with Gasteiger partial charge >= 0.3 is 0 Å². The zero-order valence-electron chi connectivity index (χ0n) is 14.6. The number of anilines is 1. The molecule has 0 fully saturated rings. The largest absolute Gasteiger partial charge is 0.311 e. The molecule has 2 aromatic rings.